The molecule has 0 aliphatic carbocycles. The van der Waals surface area contributed by atoms with Crippen LogP contribution >= 0.6 is 0 Å². The molecule has 0 unspecified atom stereocenters. The average molecular weight is 307 g/mol. The van der Waals surface area contributed by atoms with E-state index in [-0.39, 0.29) is 12.2 Å². The molecule has 0 bridgehead atoms. The number of ketones is 1. The lowest BCUT2D eigenvalue weighted by Gasteiger charge is -2.23. The standard InChI is InChI=1S/C16H20O6/c1-9-6-11(12(17)14(18)19)7-10(2)13(9)22-8-16(3,4)15(20)21-5/h6-7H,8H2,1-5H3,(H,18,19)/p-1. The molecule has 0 N–H and O–H groups in total. The van der Waals surface area contributed by atoms with Gasteiger partial charge in [0.1, 0.15) is 18.3 Å². The number of esters is 1. The number of carbonyl (C=O) groups is 3. The second kappa shape index (κ2) is 6.60. The molecule has 0 aliphatic rings. The van der Waals surface area contributed by atoms with Gasteiger partial charge in [-0.1, -0.05) is 0 Å². The molecular weight excluding hydrogens is 288 g/mol. The number of carbonyl (C=O) groups excluding carboxylic acids is 3. The SMILES string of the molecule is COC(=O)C(C)(C)COc1c(C)cc(C(=O)C(=O)[O-])cc1C. The molecule has 0 amide bonds. The molecule has 1 rings (SSSR count). The van der Waals surface area contributed by atoms with Crippen LogP contribution in [0.2, 0.25) is 0 Å². The number of ether oxygens (including phenoxy) is 2. The zero-order chi connectivity index (χ0) is 17.1. The van der Waals surface area contributed by atoms with Gasteiger partial charge in [-0.3, -0.25) is 9.59 Å². The van der Waals surface area contributed by atoms with Crippen LogP contribution in [0.3, 0.4) is 0 Å². The third-order valence-corrected chi connectivity index (χ3v) is 3.22. The van der Waals surface area contributed by atoms with E-state index in [9.17, 15) is 19.5 Å². The highest BCUT2D eigenvalue weighted by atomic mass is 16.5. The van der Waals surface area contributed by atoms with Crippen LogP contribution in [0.15, 0.2) is 12.1 Å². The van der Waals surface area contributed by atoms with Crippen LogP contribution in [0.5, 0.6) is 5.75 Å². The van der Waals surface area contributed by atoms with Crippen molar-refractivity contribution in [2.24, 2.45) is 5.41 Å². The van der Waals surface area contributed by atoms with Crippen LogP contribution in [0, 0.1) is 19.3 Å². The number of carboxylic acids is 1. The van der Waals surface area contributed by atoms with Crippen LogP contribution in [0.4, 0.5) is 0 Å². The Hall–Kier alpha value is -2.37. The molecule has 0 heterocycles. The van der Waals surface area contributed by atoms with Crippen molar-refractivity contribution < 1.29 is 29.0 Å². The predicted octanol–water partition coefficient (Wildman–Crippen LogP) is 0.814. The number of aliphatic carboxylic acids is 1. The molecule has 6 heteroatoms. The Bertz CT molecular complexity index is 592. The molecule has 6 nitrogen and oxygen atoms in total. The quantitative estimate of drug-likeness (QED) is 0.439. The number of Topliss-reactive ketones (excluding diaryl/α,β-unsaturated/α-hetero) is 1. The van der Waals surface area contributed by atoms with Crippen LogP contribution in [0.1, 0.15) is 35.3 Å². The van der Waals surface area contributed by atoms with E-state index >= 15 is 0 Å². The third kappa shape index (κ3) is 3.84. The van der Waals surface area contributed by atoms with Gasteiger partial charge in [0.15, 0.2) is 0 Å². The van der Waals surface area contributed by atoms with Crippen molar-refractivity contribution in [1.29, 1.82) is 0 Å². The van der Waals surface area contributed by atoms with Gasteiger partial charge in [-0.05, 0) is 51.0 Å². The highest BCUT2D eigenvalue weighted by Crippen LogP contribution is 2.27. The van der Waals surface area contributed by atoms with Crippen molar-refractivity contribution in [3.63, 3.8) is 0 Å². The Balaban J connectivity index is 3.01. The minimum absolute atomic E-state index is 0.0366. The Morgan fingerprint density at radius 1 is 1.14 bits per heavy atom. The first-order chi connectivity index (χ1) is 10.1. The van der Waals surface area contributed by atoms with Crippen molar-refractivity contribution in [3.05, 3.63) is 28.8 Å². The molecule has 0 fully saturated rings. The molecule has 1 aromatic rings. The lowest BCUT2D eigenvalue weighted by molar-refractivity contribution is -0.296. The third-order valence-electron chi connectivity index (χ3n) is 3.22. The predicted molar refractivity (Wildman–Crippen MR) is 76.5 cm³/mol. The smallest absolute Gasteiger partial charge is 0.314 e. The summed E-state index contributed by atoms with van der Waals surface area (Å²) in [5.74, 6) is -2.72. The first-order valence-electron chi connectivity index (χ1n) is 6.68. The summed E-state index contributed by atoms with van der Waals surface area (Å²) in [6.45, 7) is 6.86. The van der Waals surface area contributed by atoms with E-state index in [0.29, 0.717) is 16.9 Å². The number of hydrogen-bond donors (Lipinski definition) is 0. The summed E-state index contributed by atoms with van der Waals surface area (Å²) in [6, 6.07) is 2.84. The fourth-order valence-electron chi connectivity index (χ4n) is 2.01. The summed E-state index contributed by atoms with van der Waals surface area (Å²) in [4.78, 5) is 33.7. The number of methoxy groups -OCH3 is 1. The molecule has 120 valence electrons. The first-order valence-corrected chi connectivity index (χ1v) is 6.68. The second-order valence-corrected chi connectivity index (χ2v) is 5.72. The summed E-state index contributed by atoms with van der Waals surface area (Å²) in [7, 11) is 1.31. The number of rotatable bonds is 6. The van der Waals surface area contributed by atoms with E-state index in [1.54, 1.807) is 27.7 Å². The monoisotopic (exact) mass is 307 g/mol. The largest absolute Gasteiger partial charge is 0.541 e. The van der Waals surface area contributed by atoms with Gasteiger partial charge in [-0.15, -0.1) is 0 Å². The Kier molecular flexibility index (Phi) is 5.30. The molecule has 0 aromatic heterocycles. The number of benzene rings is 1. The minimum atomic E-state index is -1.75. The Morgan fingerprint density at radius 2 is 1.64 bits per heavy atom. The molecule has 0 spiro atoms. The average Bonchev–Trinajstić information content (AvgIpc) is 2.44. The fourth-order valence-corrected chi connectivity index (χ4v) is 2.01. The van der Waals surface area contributed by atoms with E-state index in [2.05, 4.69) is 0 Å². The van der Waals surface area contributed by atoms with Crippen molar-refractivity contribution >= 4 is 17.7 Å². The lowest BCUT2D eigenvalue weighted by Crippen LogP contribution is -2.32. The molecule has 1 aromatic carbocycles. The maximum atomic E-state index is 11.6. The van der Waals surface area contributed by atoms with Crippen LogP contribution in [-0.2, 0) is 14.3 Å². The molecule has 0 saturated carbocycles. The zero-order valence-electron chi connectivity index (χ0n) is 13.3. The van der Waals surface area contributed by atoms with Crippen molar-refractivity contribution in [2.45, 2.75) is 27.7 Å². The maximum Gasteiger partial charge on any atom is 0.314 e. The van der Waals surface area contributed by atoms with Gasteiger partial charge < -0.3 is 19.4 Å². The lowest BCUT2D eigenvalue weighted by atomic mass is 9.95. The summed E-state index contributed by atoms with van der Waals surface area (Å²) < 4.78 is 10.4. The van der Waals surface area contributed by atoms with E-state index in [4.69, 9.17) is 9.47 Å². The van der Waals surface area contributed by atoms with Gasteiger partial charge in [0.25, 0.3) is 0 Å². The molecular formula is C16H19O6-. The molecule has 0 radical (unpaired) electrons. The van der Waals surface area contributed by atoms with Crippen molar-refractivity contribution in [3.8, 4) is 5.75 Å². The summed E-state index contributed by atoms with van der Waals surface area (Å²) >= 11 is 0. The van der Waals surface area contributed by atoms with Gasteiger partial charge in [0.2, 0.25) is 5.78 Å². The van der Waals surface area contributed by atoms with Crippen LogP contribution in [-0.4, -0.2) is 31.4 Å². The first kappa shape index (κ1) is 17.7. The summed E-state index contributed by atoms with van der Waals surface area (Å²) in [5.41, 5.74) is 0.415. The molecule has 22 heavy (non-hydrogen) atoms. The van der Waals surface area contributed by atoms with Crippen molar-refractivity contribution in [2.75, 3.05) is 13.7 Å². The zero-order valence-corrected chi connectivity index (χ0v) is 13.3. The van der Waals surface area contributed by atoms with Crippen LogP contribution in [0.25, 0.3) is 0 Å². The topological polar surface area (TPSA) is 92.7 Å². The van der Waals surface area contributed by atoms with Gasteiger partial charge in [0.05, 0.1) is 12.5 Å². The van der Waals surface area contributed by atoms with Crippen LogP contribution < -0.4 is 9.84 Å². The highest BCUT2D eigenvalue weighted by Gasteiger charge is 2.30. The molecule has 0 saturated heterocycles. The Morgan fingerprint density at radius 3 is 2.05 bits per heavy atom. The second-order valence-electron chi connectivity index (χ2n) is 5.72. The number of aryl methyl sites for hydroxylation is 2. The molecule has 0 aliphatic heterocycles. The maximum absolute atomic E-state index is 11.6. The van der Waals surface area contributed by atoms with Gasteiger partial charge >= 0.3 is 5.97 Å². The number of hydrogen-bond acceptors (Lipinski definition) is 6. The van der Waals surface area contributed by atoms with E-state index in [1.807, 2.05) is 0 Å². The summed E-state index contributed by atoms with van der Waals surface area (Å²) in [6.07, 6.45) is 0. The van der Waals surface area contributed by atoms with E-state index in [0.717, 1.165) is 0 Å². The normalized spacial score (nSPS) is 11.0. The van der Waals surface area contributed by atoms with Crippen molar-refractivity contribution in [1.82, 2.24) is 0 Å². The molecule has 0 atom stereocenters. The minimum Gasteiger partial charge on any atom is -0.541 e. The van der Waals surface area contributed by atoms with Gasteiger partial charge in [-0.25, -0.2) is 0 Å². The van der Waals surface area contributed by atoms with Gasteiger partial charge in [0, 0.05) is 5.56 Å². The fraction of sp³-hybridized carbons (Fsp3) is 0.438. The summed E-state index contributed by atoms with van der Waals surface area (Å²) in [5, 5.41) is 10.6. The Labute approximate surface area is 129 Å². The highest BCUT2D eigenvalue weighted by molar-refractivity contribution is 6.39. The van der Waals surface area contributed by atoms with E-state index in [1.165, 1.54) is 19.2 Å². The van der Waals surface area contributed by atoms with Gasteiger partial charge in [-0.2, -0.15) is 0 Å². The number of carboxylic acid groups (broad SMARTS) is 1. The van der Waals surface area contributed by atoms with E-state index < -0.39 is 23.1 Å².